The molecule has 0 spiro atoms. The van der Waals surface area contributed by atoms with Crippen LogP contribution in [0.15, 0.2) is 18.2 Å². The predicted octanol–water partition coefficient (Wildman–Crippen LogP) is 1.32. The molecule has 0 aliphatic carbocycles. The van der Waals surface area contributed by atoms with Crippen LogP contribution in [0.5, 0.6) is 5.75 Å². The molecule has 17 heavy (non-hydrogen) atoms. The normalized spacial score (nSPS) is 13.6. The van der Waals surface area contributed by atoms with E-state index >= 15 is 0 Å². The molecule has 92 valence electrons. The maximum Gasteiger partial charge on any atom is 0.227 e. The minimum atomic E-state index is 0.166. The Balaban J connectivity index is 2.14. The van der Waals surface area contributed by atoms with E-state index in [0.29, 0.717) is 13.0 Å². The molecule has 1 amide bonds. The highest BCUT2D eigenvalue weighted by Crippen LogP contribution is 2.31. The van der Waals surface area contributed by atoms with E-state index in [9.17, 15) is 4.79 Å². The molecule has 2 N–H and O–H groups in total. The summed E-state index contributed by atoms with van der Waals surface area (Å²) >= 11 is 0. The van der Waals surface area contributed by atoms with Crippen LogP contribution in [0.3, 0.4) is 0 Å². The van der Waals surface area contributed by atoms with E-state index in [0.717, 1.165) is 30.8 Å². The minimum absolute atomic E-state index is 0.166. The molecule has 0 bridgehead atoms. The van der Waals surface area contributed by atoms with E-state index in [4.69, 9.17) is 10.5 Å². The Morgan fingerprint density at radius 1 is 1.53 bits per heavy atom. The van der Waals surface area contributed by atoms with Crippen molar-refractivity contribution in [2.75, 3.05) is 25.1 Å². The summed E-state index contributed by atoms with van der Waals surface area (Å²) in [6, 6.07) is 5.86. The molecule has 0 fully saturated rings. The topological polar surface area (TPSA) is 55.6 Å². The lowest BCUT2D eigenvalue weighted by molar-refractivity contribution is -0.118. The number of amides is 1. The van der Waals surface area contributed by atoms with Crippen molar-refractivity contribution in [2.45, 2.75) is 19.3 Å². The van der Waals surface area contributed by atoms with Crippen LogP contribution in [0.4, 0.5) is 5.69 Å². The highest BCUT2D eigenvalue weighted by molar-refractivity contribution is 5.95. The summed E-state index contributed by atoms with van der Waals surface area (Å²) in [4.78, 5) is 13.8. The van der Waals surface area contributed by atoms with Gasteiger partial charge in [0.15, 0.2) is 0 Å². The third kappa shape index (κ3) is 2.42. The zero-order valence-electron chi connectivity index (χ0n) is 10.1. The number of benzene rings is 1. The van der Waals surface area contributed by atoms with Crippen molar-refractivity contribution in [2.24, 2.45) is 5.73 Å². The zero-order chi connectivity index (χ0) is 12.3. The summed E-state index contributed by atoms with van der Waals surface area (Å²) in [6.07, 6.45) is 2.18. The number of ether oxygens (including phenoxy) is 1. The Labute approximate surface area is 101 Å². The molecule has 0 radical (unpaired) electrons. The Morgan fingerprint density at radius 3 is 3.06 bits per heavy atom. The van der Waals surface area contributed by atoms with E-state index in [2.05, 4.69) is 0 Å². The Bertz CT molecular complexity index is 418. The molecule has 0 aromatic heterocycles. The van der Waals surface area contributed by atoms with E-state index in [1.54, 1.807) is 7.11 Å². The largest absolute Gasteiger partial charge is 0.497 e. The fourth-order valence-corrected chi connectivity index (χ4v) is 2.15. The third-order valence-electron chi connectivity index (χ3n) is 3.08. The monoisotopic (exact) mass is 234 g/mol. The van der Waals surface area contributed by atoms with E-state index in [-0.39, 0.29) is 5.91 Å². The standard InChI is InChI=1S/C13H18N2O2/c1-17-11-4-5-12-10(9-11)6-8-15(12)13(16)3-2-7-14/h4-5,9H,2-3,6-8,14H2,1H3. The molecule has 2 rings (SSSR count). The van der Waals surface area contributed by atoms with Crippen LogP contribution < -0.4 is 15.4 Å². The first kappa shape index (κ1) is 11.9. The zero-order valence-corrected chi connectivity index (χ0v) is 10.1. The van der Waals surface area contributed by atoms with Crippen LogP contribution in [0.25, 0.3) is 0 Å². The highest BCUT2D eigenvalue weighted by Gasteiger charge is 2.24. The maximum atomic E-state index is 12.0. The molecule has 0 unspecified atom stereocenters. The number of fused-ring (bicyclic) bond motifs is 1. The molecule has 1 heterocycles. The second-order valence-electron chi connectivity index (χ2n) is 4.18. The number of hydrogen-bond donors (Lipinski definition) is 1. The van der Waals surface area contributed by atoms with Crippen LogP contribution in [-0.2, 0) is 11.2 Å². The first-order valence-corrected chi connectivity index (χ1v) is 5.93. The molecular weight excluding hydrogens is 216 g/mol. The molecule has 1 aliphatic heterocycles. The van der Waals surface area contributed by atoms with Gasteiger partial charge < -0.3 is 15.4 Å². The van der Waals surface area contributed by atoms with Crippen LogP contribution in [0, 0.1) is 0 Å². The fourth-order valence-electron chi connectivity index (χ4n) is 2.15. The van der Waals surface area contributed by atoms with Gasteiger partial charge in [-0.2, -0.15) is 0 Å². The molecule has 1 aromatic carbocycles. The molecule has 0 saturated carbocycles. The van der Waals surface area contributed by atoms with Gasteiger partial charge in [-0.25, -0.2) is 0 Å². The number of hydrogen-bond acceptors (Lipinski definition) is 3. The van der Waals surface area contributed by atoms with Crippen molar-refractivity contribution in [1.29, 1.82) is 0 Å². The molecule has 0 atom stereocenters. The third-order valence-corrected chi connectivity index (χ3v) is 3.08. The molecule has 0 saturated heterocycles. The molecule has 4 heteroatoms. The number of nitrogens with zero attached hydrogens (tertiary/aromatic N) is 1. The smallest absolute Gasteiger partial charge is 0.227 e. The van der Waals surface area contributed by atoms with Gasteiger partial charge >= 0.3 is 0 Å². The lowest BCUT2D eigenvalue weighted by Crippen LogP contribution is -2.29. The van der Waals surface area contributed by atoms with Crippen LogP contribution in [-0.4, -0.2) is 26.1 Å². The summed E-state index contributed by atoms with van der Waals surface area (Å²) in [5.41, 5.74) is 7.63. The first-order valence-electron chi connectivity index (χ1n) is 5.93. The van der Waals surface area contributed by atoms with Gasteiger partial charge in [0.05, 0.1) is 7.11 Å². The highest BCUT2D eigenvalue weighted by atomic mass is 16.5. The summed E-state index contributed by atoms with van der Waals surface area (Å²) < 4.78 is 5.18. The van der Waals surface area contributed by atoms with Crippen molar-refractivity contribution in [3.05, 3.63) is 23.8 Å². The number of rotatable bonds is 4. The maximum absolute atomic E-state index is 12.0. The van der Waals surface area contributed by atoms with Crippen molar-refractivity contribution in [3.63, 3.8) is 0 Å². The van der Waals surface area contributed by atoms with Gasteiger partial charge in [-0.3, -0.25) is 4.79 Å². The predicted molar refractivity (Wildman–Crippen MR) is 67.3 cm³/mol. The average Bonchev–Trinajstić information content (AvgIpc) is 2.78. The number of anilines is 1. The Kier molecular flexibility index (Phi) is 3.64. The van der Waals surface area contributed by atoms with E-state index in [1.807, 2.05) is 23.1 Å². The first-order chi connectivity index (χ1) is 8.26. The minimum Gasteiger partial charge on any atom is -0.497 e. The van der Waals surface area contributed by atoms with Crippen LogP contribution in [0.2, 0.25) is 0 Å². The second kappa shape index (κ2) is 5.19. The molecule has 4 nitrogen and oxygen atoms in total. The molecule has 1 aromatic rings. The van der Waals surface area contributed by atoms with Crippen molar-refractivity contribution < 1.29 is 9.53 Å². The summed E-state index contributed by atoms with van der Waals surface area (Å²) in [5, 5.41) is 0. The lowest BCUT2D eigenvalue weighted by atomic mass is 10.1. The SMILES string of the molecule is COc1ccc2c(c1)CCN2C(=O)CCCN. The summed E-state index contributed by atoms with van der Waals surface area (Å²) in [7, 11) is 1.65. The van der Waals surface area contributed by atoms with Crippen molar-refractivity contribution in [1.82, 2.24) is 0 Å². The second-order valence-corrected chi connectivity index (χ2v) is 4.18. The number of methoxy groups -OCH3 is 1. The Morgan fingerprint density at radius 2 is 2.35 bits per heavy atom. The van der Waals surface area contributed by atoms with Crippen LogP contribution in [0.1, 0.15) is 18.4 Å². The van der Waals surface area contributed by atoms with Gasteiger partial charge in [-0.1, -0.05) is 0 Å². The molecular formula is C13H18N2O2. The van der Waals surface area contributed by atoms with Gasteiger partial charge in [0.25, 0.3) is 0 Å². The van der Waals surface area contributed by atoms with Gasteiger partial charge in [0, 0.05) is 18.7 Å². The van der Waals surface area contributed by atoms with Crippen molar-refractivity contribution >= 4 is 11.6 Å². The average molecular weight is 234 g/mol. The fraction of sp³-hybridized carbons (Fsp3) is 0.462. The quantitative estimate of drug-likeness (QED) is 0.855. The van der Waals surface area contributed by atoms with Crippen LogP contribution >= 0.6 is 0 Å². The van der Waals surface area contributed by atoms with Crippen molar-refractivity contribution in [3.8, 4) is 5.75 Å². The van der Waals surface area contributed by atoms with Gasteiger partial charge in [-0.15, -0.1) is 0 Å². The number of carbonyl (C=O) groups excluding carboxylic acids is 1. The molecule has 1 aliphatic rings. The van der Waals surface area contributed by atoms with Gasteiger partial charge in [0.2, 0.25) is 5.91 Å². The Hall–Kier alpha value is -1.55. The summed E-state index contributed by atoms with van der Waals surface area (Å²) in [6.45, 7) is 1.33. The van der Waals surface area contributed by atoms with Gasteiger partial charge in [0.1, 0.15) is 5.75 Å². The lowest BCUT2D eigenvalue weighted by Gasteiger charge is -2.17. The van der Waals surface area contributed by atoms with Gasteiger partial charge in [-0.05, 0) is 43.1 Å². The van der Waals surface area contributed by atoms with E-state index < -0.39 is 0 Å². The number of carbonyl (C=O) groups is 1. The summed E-state index contributed by atoms with van der Waals surface area (Å²) in [5.74, 6) is 1.01. The number of nitrogens with two attached hydrogens (primary N) is 1. The van der Waals surface area contributed by atoms with E-state index in [1.165, 1.54) is 5.56 Å².